The third kappa shape index (κ3) is 7.37. The van der Waals surface area contributed by atoms with Gasteiger partial charge < -0.3 is 25.4 Å². The number of hydrogen-bond donors (Lipinski definition) is 3. The maximum absolute atomic E-state index is 11.7. The second-order valence-electron chi connectivity index (χ2n) is 6.96. The third-order valence-electron chi connectivity index (χ3n) is 4.14. The minimum atomic E-state index is 0. The van der Waals surface area contributed by atoms with Gasteiger partial charge in [-0.2, -0.15) is 0 Å². The highest BCUT2D eigenvalue weighted by molar-refractivity contribution is 14.0. The fraction of sp³-hybridized carbons (Fsp3) is 0.600. The van der Waals surface area contributed by atoms with E-state index in [1.54, 1.807) is 7.05 Å². The molecule has 0 saturated heterocycles. The molecule has 158 valence electrons. The summed E-state index contributed by atoms with van der Waals surface area (Å²) in [6.07, 6.45) is 1.50. The molecule has 0 bridgehead atoms. The molecule has 1 aromatic carbocycles. The summed E-state index contributed by atoms with van der Waals surface area (Å²) in [7, 11) is 1.71. The number of nitrogens with one attached hydrogen (secondary N) is 3. The normalized spacial score (nSPS) is 15.4. The van der Waals surface area contributed by atoms with Crippen LogP contribution in [0.4, 0.5) is 0 Å². The standard InChI is InChI=1S/C20H32N4O3.HI/c1-6-26-17-10-15-9-14(4)27-18(15)11-16(17)12-23-20(21-5)22-8-7-19(25)24-13(2)3;/h10-11,13-14H,6-9,12H2,1-5H3,(H,24,25)(H2,21,22,23);1H. The summed E-state index contributed by atoms with van der Waals surface area (Å²) in [5.74, 6) is 2.46. The lowest BCUT2D eigenvalue weighted by atomic mass is 10.1. The summed E-state index contributed by atoms with van der Waals surface area (Å²) in [5, 5.41) is 9.31. The predicted molar refractivity (Wildman–Crippen MR) is 123 cm³/mol. The second-order valence-corrected chi connectivity index (χ2v) is 6.96. The Hall–Kier alpha value is -1.71. The van der Waals surface area contributed by atoms with Crippen LogP contribution in [0.1, 0.15) is 45.2 Å². The lowest BCUT2D eigenvalue weighted by Crippen LogP contribution is -2.39. The van der Waals surface area contributed by atoms with Gasteiger partial charge in [0.1, 0.15) is 17.6 Å². The first-order valence-corrected chi connectivity index (χ1v) is 9.62. The van der Waals surface area contributed by atoms with Crippen LogP contribution in [0, 0.1) is 0 Å². The highest BCUT2D eigenvalue weighted by Gasteiger charge is 2.21. The van der Waals surface area contributed by atoms with Gasteiger partial charge in [0.25, 0.3) is 0 Å². The van der Waals surface area contributed by atoms with Gasteiger partial charge in [0.2, 0.25) is 5.91 Å². The number of aliphatic imine (C=N–C) groups is 1. The number of carbonyl (C=O) groups is 1. The molecule has 1 heterocycles. The van der Waals surface area contributed by atoms with Crippen molar-refractivity contribution in [3.63, 3.8) is 0 Å². The molecular weight excluding hydrogens is 471 g/mol. The van der Waals surface area contributed by atoms with Crippen molar-refractivity contribution in [3.05, 3.63) is 23.3 Å². The van der Waals surface area contributed by atoms with Crippen LogP contribution in [0.2, 0.25) is 0 Å². The lowest BCUT2D eigenvalue weighted by molar-refractivity contribution is -0.121. The van der Waals surface area contributed by atoms with Crippen molar-refractivity contribution in [2.75, 3.05) is 20.2 Å². The molecule has 3 N–H and O–H groups in total. The van der Waals surface area contributed by atoms with Crippen molar-refractivity contribution in [1.82, 2.24) is 16.0 Å². The quantitative estimate of drug-likeness (QED) is 0.288. The van der Waals surface area contributed by atoms with Crippen molar-refractivity contribution in [2.24, 2.45) is 4.99 Å². The fourth-order valence-electron chi connectivity index (χ4n) is 3.00. The summed E-state index contributed by atoms with van der Waals surface area (Å²) in [6.45, 7) is 9.62. The van der Waals surface area contributed by atoms with E-state index in [1.165, 1.54) is 5.56 Å². The monoisotopic (exact) mass is 504 g/mol. The molecule has 1 aliphatic rings. The Labute approximate surface area is 185 Å². The molecule has 1 amide bonds. The fourth-order valence-corrected chi connectivity index (χ4v) is 3.00. The van der Waals surface area contributed by atoms with Gasteiger partial charge in [0.15, 0.2) is 5.96 Å². The largest absolute Gasteiger partial charge is 0.494 e. The zero-order valence-corrected chi connectivity index (χ0v) is 19.8. The van der Waals surface area contributed by atoms with Gasteiger partial charge in [0.05, 0.1) is 6.61 Å². The average molecular weight is 504 g/mol. The van der Waals surface area contributed by atoms with E-state index in [4.69, 9.17) is 9.47 Å². The van der Waals surface area contributed by atoms with Crippen LogP contribution in [0.25, 0.3) is 0 Å². The number of nitrogens with zero attached hydrogens (tertiary/aromatic N) is 1. The van der Waals surface area contributed by atoms with Gasteiger partial charge in [-0.1, -0.05) is 0 Å². The Morgan fingerprint density at radius 3 is 2.75 bits per heavy atom. The molecule has 1 aliphatic heterocycles. The van der Waals surface area contributed by atoms with E-state index in [0.717, 1.165) is 23.5 Å². The molecule has 7 nitrogen and oxygen atoms in total. The maximum Gasteiger partial charge on any atom is 0.221 e. The molecule has 28 heavy (non-hydrogen) atoms. The van der Waals surface area contributed by atoms with Crippen LogP contribution < -0.4 is 25.4 Å². The molecule has 1 aromatic rings. The number of rotatable bonds is 8. The number of guanidine groups is 1. The Morgan fingerprint density at radius 2 is 2.11 bits per heavy atom. The van der Waals surface area contributed by atoms with Crippen molar-refractivity contribution in [2.45, 2.75) is 59.2 Å². The van der Waals surface area contributed by atoms with Gasteiger partial charge >= 0.3 is 0 Å². The molecule has 0 aliphatic carbocycles. The van der Waals surface area contributed by atoms with Crippen molar-refractivity contribution < 1.29 is 14.3 Å². The van der Waals surface area contributed by atoms with Gasteiger partial charge in [-0.3, -0.25) is 9.79 Å². The zero-order valence-electron chi connectivity index (χ0n) is 17.4. The molecule has 1 atom stereocenters. The number of carbonyl (C=O) groups excluding carboxylic acids is 1. The number of ether oxygens (including phenoxy) is 2. The molecule has 1 unspecified atom stereocenters. The highest BCUT2D eigenvalue weighted by Crippen LogP contribution is 2.35. The van der Waals surface area contributed by atoms with Gasteiger partial charge in [-0.05, 0) is 39.8 Å². The van der Waals surface area contributed by atoms with Crippen LogP contribution in [-0.2, 0) is 17.8 Å². The first-order chi connectivity index (χ1) is 12.9. The average Bonchev–Trinajstić information content (AvgIpc) is 2.96. The minimum absolute atomic E-state index is 0. The third-order valence-corrected chi connectivity index (χ3v) is 4.14. The minimum Gasteiger partial charge on any atom is -0.494 e. The van der Waals surface area contributed by atoms with E-state index in [1.807, 2.05) is 26.8 Å². The molecule has 0 aromatic heterocycles. The summed E-state index contributed by atoms with van der Waals surface area (Å²) in [4.78, 5) is 15.9. The Morgan fingerprint density at radius 1 is 1.36 bits per heavy atom. The van der Waals surface area contributed by atoms with E-state index in [0.29, 0.717) is 32.1 Å². The number of benzene rings is 1. The van der Waals surface area contributed by atoms with Crippen molar-refractivity contribution >= 4 is 35.8 Å². The predicted octanol–water partition coefficient (Wildman–Crippen LogP) is 2.61. The number of amides is 1. The lowest BCUT2D eigenvalue weighted by Gasteiger charge is -2.16. The molecule has 0 saturated carbocycles. The molecular formula is C20H33IN4O3. The Balaban J connectivity index is 0.00000392. The second kappa shape index (κ2) is 12.0. The number of halogens is 1. The smallest absolute Gasteiger partial charge is 0.221 e. The van der Waals surface area contributed by atoms with Crippen molar-refractivity contribution in [1.29, 1.82) is 0 Å². The Kier molecular flexibility index (Phi) is 10.4. The van der Waals surface area contributed by atoms with E-state index in [9.17, 15) is 4.79 Å². The first kappa shape index (κ1) is 24.3. The number of fused-ring (bicyclic) bond motifs is 1. The molecule has 0 spiro atoms. The summed E-state index contributed by atoms with van der Waals surface area (Å²) >= 11 is 0. The molecule has 0 fully saturated rings. The zero-order chi connectivity index (χ0) is 19.8. The van der Waals surface area contributed by atoms with Crippen molar-refractivity contribution in [3.8, 4) is 11.5 Å². The summed E-state index contributed by atoms with van der Waals surface area (Å²) < 4.78 is 11.7. The number of hydrogen-bond acceptors (Lipinski definition) is 4. The van der Waals surface area contributed by atoms with E-state index < -0.39 is 0 Å². The molecule has 8 heteroatoms. The van der Waals surface area contributed by atoms with Crippen LogP contribution in [0.3, 0.4) is 0 Å². The van der Waals surface area contributed by atoms with Crippen LogP contribution in [0.15, 0.2) is 17.1 Å². The van der Waals surface area contributed by atoms with Gasteiger partial charge in [-0.15, -0.1) is 24.0 Å². The summed E-state index contributed by atoms with van der Waals surface area (Å²) in [5.41, 5.74) is 2.21. The van der Waals surface area contributed by atoms with E-state index in [2.05, 4.69) is 33.9 Å². The Bertz CT molecular complexity index is 680. The highest BCUT2D eigenvalue weighted by atomic mass is 127. The first-order valence-electron chi connectivity index (χ1n) is 9.62. The van der Waals surface area contributed by atoms with E-state index in [-0.39, 0.29) is 42.0 Å². The SMILES string of the molecule is CCOc1cc2c(cc1CNC(=NC)NCCC(=O)NC(C)C)OC(C)C2.I. The van der Waals surface area contributed by atoms with Gasteiger partial charge in [0, 0.05) is 50.1 Å². The van der Waals surface area contributed by atoms with Crippen LogP contribution in [-0.4, -0.2) is 44.2 Å². The van der Waals surface area contributed by atoms with Gasteiger partial charge in [-0.25, -0.2) is 0 Å². The molecule has 2 rings (SSSR count). The summed E-state index contributed by atoms with van der Waals surface area (Å²) in [6, 6.07) is 4.27. The van der Waals surface area contributed by atoms with Crippen LogP contribution >= 0.6 is 24.0 Å². The molecule has 0 radical (unpaired) electrons. The topological polar surface area (TPSA) is 84.0 Å². The van der Waals surface area contributed by atoms with E-state index >= 15 is 0 Å². The maximum atomic E-state index is 11.7. The van der Waals surface area contributed by atoms with Crippen LogP contribution in [0.5, 0.6) is 11.5 Å².